The number of aliphatic hydroxyl groups excluding tert-OH is 1. The van der Waals surface area contributed by atoms with E-state index in [1.807, 2.05) is 0 Å². The Bertz CT molecular complexity index is 124. The van der Waals surface area contributed by atoms with Gasteiger partial charge in [-0.2, -0.15) is 0 Å². The van der Waals surface area contributed by atoms with Crippen LogP contribution >= 0.6 is 0 Å². The van der Waals surface area contributed by atoms with Crippen molar-refractivity contribution in [2.24, 2.45) is 0 Å². The van der Waals surface area contributed by atoms with Crippen LogP contribution < -0.4 is 0 Å². The van der Waals surface area contributed by atoms with Crippen LogP contribution in [0.5, 0.6) is 0 Å². The average Bonchev–Trinajstić information content (AvgIpc) is 2.67. The van der Waals surface area contributed by atoms with Gasteiger partial charge in [-0.25, -0.2) is 0 Å². The van der Waals surface area contributed by atoms with E-state index in [2.05, 4.69) is 0 Å². The SMILES string of the molecule is CO[C@@H]1O[C@H](CO)[C@@H]2O[C@H]12. The molecule has 2 saturated heterocycles. The minimum Gasteiger partial charge on any atom is -0.394 e. The second-order valence-corrected chi connectivity index (χ2v) is 2.53. The Morgan fingerprint density at radius 1 is 1.40 bits per heavy atom. The zero-order chi connectivity index (χ0) is 7.14. The highest BCUT2D eigenvalue weighted by Gasteiger charge is 2.58. The van der Waals surface area contributed by atoms with Crippen molar-refractivity contribution in [3.63, 3.8) is 0 Å². The molecule has 0 aromatic rings. The molecule has 0 unspecified atom stereocenters. The third-order valence-electron chi connectivity index (χ3n) is 1.92. The topological polar surface area (TPSA) is 51.2 Å². The highest BCUT2D eigenvalue weighted by Crippen LogP contribution is 2.38. The van der Waals surface area contributed by atoms with E-state index in [9.17, 15) is 0 Å². The van der Waals surface area contributed by atoms with E-state index in [4.69, 9.17) is 19.3 Å². The van der Waals surface area contributed by atoms with Crippen molar-refractivity contribution in [2.75, 3.05) is 13.7 Å². The lowest BCUT2D eigenvalue weighted by Crippen LogP contribution is -2.23. The summed E-state index contributed by atoms with van der Waals surface area (Å²) in [5.41, 5.74) is 0. The van der Waals surface area contributed by atoms with Gasteiger partial charge in [0.1, 0.15) is 18.3 Å². The van der Waals surface area contributed by atoms with Crippen molar-refractivity contribution in [1.82, 2.24) is 0 Å². The first-order valence-corrected chi connectivity index (χ1v) is 3.31. The summed E-state index contributed by atoms with van der Waals surface area (Å²) in [6.45, 7) is 0.0149. The highest BCUT2D eigenvalue weighted by molar-refractivity contribution is 4.99. The molecule has 4 nitrogen and oxygen atoms in total. The minimum atomic E-state index is -0.262. The standard InChI is InChI=1S/C6H10O4/c1-8-6-5-4(10-5)3(2-7)9-6/h3-7H,2H2,1H3/t3-,4+,5+,6-/m1/s1. The van der Waals surface area contributed by atoms with Gasteiger partial charge in [0.2, 0.25) is 0 Å². The zero-order valence-corrected chi connectivity index (χ0v) is 5.69. The predicted molar refractivity (Wildman–Crippen MR) is 31.4 cm³/mol. The van der Waals surface area contributed by atoms with E-state index < -0.39 is 0 Å². The molecule has 2 heterocycles. The fourth-order valence-electron chi connectivity index (χ4n) is 1.32. The molecule has 1 N–H and O–H groups in total. The van der Waals surface area contributed by atoms with E-state index in [0.717, 1.165) is 0 Å². The maximum absolute atomic E-state index is 8.72. The van der Waals surface area contributed by atoms with E-state index >= 15 is 0 Å². The molecule has 0 bridgehead atoms. The van der Waals surface area contributed by atoms with E-state index in [-0.39, 0.29) is 31.2 Å². The Morgan fingerprint density at radius 3 is 2.60 bits per heavy atom. The van der Waals surface area contributed by atoms with Gasteiger partial charge in [0.05, 0.1) is 6.61 Å². The first-order chi connectivity index (χ1) is 4.86. The van der Waals surface area contributed by atoms with E-state index in [1.165, 1.54) is 0 Å². The molecule has 0 radical (unpaired) electrons. The molecule has 0 aromatic carbocycles. The second kappa shape index (κ2) is 2.17. The summed E-state index contributed by atoms with van der Waals surface area (Å²) in [6, 6.07) is 0. The van der Waals surface area contributed by atoms with Crippen molar-refractivity contribution < 1.29 is 19.3 Å². The van der Waals surface area contributed by atoms with Gasteiger partial charge in [-0.05, 0) is 0 Å². The van der Waals surface area contributed by atoms with Crippen molar-refractivity contribution in [3.05, 3.63) is 0 Å². The van der Waals surface area contributed by atoms with Gasteiger partial charge in [0, 0.05) is 7.11 Å². The minimum absolute atomic E-state index is 0.0149. The number of rotatable bonds is 2. The molecule has 2 fully saturated rings. The van der Waals surface area contributed by atoms with Crippen LogP contribution in [-0.2, 0) is 14.2 Å². The first kappa shape index (κ1) is 6.54. The summed E-state index contributed by atoms with van der Waals surface area (Å²) in [4.78, 5) is 0. The Kier molecular flexibility index (Phi) is 1.42. The van der Waals surface area contributed by atoms with Crippen LogP contribution in [0.3, 0.4) is 0 Å². The van der Waals surface area contributed by atoms with Gasteiger partial charge in [0.15, 0.2) is 6.29 Å². The van der Waals surface area contributed by atoms with Crippen molar-refractivity contribution in [2.45, 2.75) is 24.6 Å². The molecular weight excluding hydrogens is 136 g/mol. The number of methoxy groups -OCH3 is 1. The third kappa shape index (κ3) is 0.769. The van der Waals surface area contributed by atoms with Crippen molar-refractivity contribution in [1.29, 1.82) is 0 Å². The molecule has 4 heteroatoms. The molecule has 4 atom stereocenters. The first-order valence-electron chi connectivity index (χ1n) is 3.31. The molecule has 2 aliphatic heterocycles. The number of ether oxygens (including phenoxy) is 3. The number of hydrogen-bond donors (Lipinski definition) is 1. The molecule has 0 aromatic heterocycles. The largest absolute Gasteiger partial charge is 0.394 e. The predicted octanol–water partition coefficient (Wildman–Crippen LogP) is -0.883. The number of hydrogen-bond acceptors (Lipinski definition) is 4. The fourth-order valence-corrected chi connectivity index (χ4v) is 1.32. The van der Waals surface area contributed by atoms with Crippen LogP contribution in [-0.4, -0.2) is 43.4 Å². The lowest BCUT2D eigenvalue weighted by atomic mass is 10.2. The summed E-state index contributed by atoms with van der Waals surface area (Å²) >= 11 is 0. The molecule has 0 amide bonds. The van der Waals surface area contributed by atoms with Crippen LogP contribution in [0.25, 0.3) is 0 Å². The highest BCUT2D eigenvalue weighted by atomic mass is 16.8. The molecule has 0 spiro atoms. The summed E-state index contributed by atoms with van der Waals surface area (Å²) in [7, 11) is 1.57. The molecule has 2 rings (SSSR count). The Morgan fingerprint density at radius 2 is 2.20 bits per heavy atom. The molecule has 0 aliphatic carbocycles. The van der Waals surface area contributed by atoms with Gasteiger partial charge < -0.3 is 19.3 Å². The van der Waals surface area contributed by atoms with Gasteiger partial charge >= 0.3 is 0 Å². The summed E-state index contributed by atoms with van der Waals surface area (Å²) < 4.78 is 15.3. The lowest BCUT2D eigenvalue weighted by Gasteiger charge is -2.13. The maximum Gasteiger partial charge on any atom is 0.186 e. The summed E-state index contributed by atoms with van der Waals surface area (Å²) in [5.74, 6) is 0. The van der Waals surface area contributed by atoms with Crippen LogP contribution in [0.15, 0.2) is 0 Å². The number of aliphatic hydroxyl groups is 1. The van der Waals surface area contributed by atoms with E-state index in [1.54, 1.807) is 7.11 Å². The maximum atomic E-state index is 8.72. The Labute approximate surface area is 58.7 Å². The van der Waals surface area contributed by atoms with Gasteiger partial charge in [0.25, 0.3) is 0 Å². The van der Waals surface area contributed by atoms with Crippen LogP contribution in [0.4, 0.5) is 0 Å². The van der Waals surface area contributed by atoms with Crippen LogP contribution in [0, 0.1) is 0 Å². The average molecular weight is 146 g/mol. The van der Waals surface area contributed by atoms with Crippen LogP contribution in [0.1, 0.15) is 0 Å². The number of epoxide rings is 1. The second-order valence-electron chi connectivity index (χ2n) is 2.53. The Hall–Kier alpha value is -0.160. The monoisotopic (exact) mass is 146 g/mol. The zero-order valence-electron chi connectivity index (χ0n) is 5.69. The van der Waals surface area contributed by atoms with Crippen molar-refractivity contribution in [3.8, 4) is 0 Å². The molecule has 58 valence electrons. The third-order valence-corrected chi connectivity index (χ3v) is 1.92. The summed E-state index contributed by atoms with van der Waals surface area (Å²) in [6.07, 6.45) is -0.283. The number of fused-ring (bicyclic) bond motifs is 1. The molecule has 2 aliphatic rings. The molecule has 10 heavy (non-hydrogen) atoms. The van der Waals surface area contributed by atoms with Gasteiger partial charge in [-0.3, -0.25) is 0 Å². The molecule has 0 saturated carbocycles. The smallest absolute Gasteiger partial charge is 0.186 e. The quantitative estimate of drug-likeness (QED) is 0.514. The normalized spacial score (nSPS) is 51.0. The van der Waals surface area contributed by atoms with Crippen molar-refractivity contribution >= 4 is 0 Å². The van der Waals surface area contributed by atoms with Gasteiger partial charge in [-0.1, -0.05) is 0 Å². The van der Waals surface area contributed by atoms with E-state index in [0.29, 0.717) is 0 Å². The molecular formula is C6H10O4. The van der Waals surface area contributed by atoms with Crippen LogP contribution in [0.2, 0.25) is 0 Å². The summed E-state index contributed by atoms with van der Waals surface area (Å²) in [5, 5.41) is 8.72. The van der Waals surface area contributed by atoms with Gasteiger partial charge in [-0.15, -0.1) is 0 Å². The lowest BCUT2D eigenvalue weighted by molar-refractivity contribution is -0.166. The Balaban J connectivity index is 1.95. The fraction of sp³-hybridized carbons (Fsp3) is 1.00.